The molecule has 3 heterocycles. The van der Waals surface area contributed by atoms with Crippen molar-refractivity contribution >= 4 is 11.8 Å². The zero-order valence-electron chi connectivity index (χ0n) is 16.8. The predicted octanol–water partition coefficient (Wildman–Crippen LogP) is 2.68. The van der Waals surface area contributed by atoms with Gasteiger partial charge in [0.05, 0.1) is 6.10 Å². The Kier molecular flexibility index (Phi) is 6.30. The summed E-state index contributed by atoms with van der Waals surface area (Å²) in [5.74, 6) is 0.126. The average molecular weight is 396 g/mol. The van der Waals surface area contributed by atoms with Crippen molar-refractivity contribution in [2.24, 2.45) is 5.92 Å². The van der Waals surface area contributed by atoms with Crippen molar-refractivity contribution in [1.29, 1.82) is 0 Å². The first kappa shape index (κ1) is 19.7. The fourth-order valence-electron chi connectivity index (χ4n) is 4.20. The van der Waals surface area contributed by atoms with Crippen LogP contribution in [0.15, 0.2) is 48.7 Å². The number of carbonyl (C=O) groups excluding carboxylic acids is 2. The molecule has 1 unspecified atom stereocenters. The molecule has 0 bridgehead atoms. The van der Waals surface area contributed by atoms with Crippen LogP contribution in [0.3, 0.4) is 0 Å². The Balaban J connectivity index is 1.29. The van der Waals surface area contributed by atoms with Gasteiger partial charge >= 0.3 is 0 Å². The van der Waals surface area contributed by atoms with Crippen LogP contribution in [-0.4, -0.2) is 53.6 Å². The van der Waals surface area contributed by atoms with Crippen LogP contribution in [0.4, 0.5) is 0 Å². The third-order valence-electron chi connectivity index (χ3n) is 5.93. The Morgan fingerprint density at radius 2 is 1.83 bits per heavy atom. The lowest BCUT2D eigenvalue weighted by Crippen LogP contribution is -2.44. The van der Waals surface area contributed by atoms with Gasteiger partial charge in [-0.15, -0.1) is 0 Å². The first-order valence-electron chi connectivity index (χ1n) is 10.6. The maximum atomic E-state index is 13.0. The van der Waals surface area contributed by atoms with Gasteiger partial charge in [-0.25, -0.2) is 0 Å². The van der Waals surface area contributed by atoms with E-state index in [1.807, 2.05) is 46.0 Å². The van der Waals surface area contributed by atoms with E-state index in [1.165, 1.54) is 5.56 Å². The van der Waals surface area contributed by atoms with E-state index in [0.29, 0.717) is 44.7 Å². The Hall–Kier alpha value is -2.60. The standard InChI is InChI=1S/C23H29N3O3/c27-22(24-16-20-8-5-15-29-20)19-10-13-25(14-11-19)23(28)21-9-4-12-26(21)17-18-6-2-1-3-7-18/h1-4,6-7,9,12,19-20H,5,8,10-11,13-17H2,(H,24,27). The second-order valence-corrected chi connectivity index (χ2v) is 7.95. The number of amides is 2. The van der Waals surface area contributed by atoms with Gasteiger partial charge in [0.1, 0.15) is 5.69 Å². The number of rotatable bonds is 6. The molecule has 6 nitrogen and oxygen atoms in total. The number of piperidine rings is 1. The van der Waals surface area contributed by atoms with Crippen LogP contribution in [-0.2, 0) is 16.1 Å². The van der Waals surface area contributed by atoms with E-state index in [1.54, 1.807) is 0 Å². The van der Waals surface area contributed by atoms with Gasteiger partial charge in [0.25, 0.3) is 5.91 Å². The number of nitrogens with one attached hydrogen (secondary N) is 1. The number of ether oxygens (including phenoxy) is 1. The topological polar surface area (TPSA) is 63.6 Å². The van der Waals surface area contributed by atoms with Gasteiger partial charge in [0, 0.05) is 44.9 Å². The van der Waals surface area contributed by atoms with Crippen LogP contribution in [0.2, 0.25) is 0 Å². The van der Waals surface area contributed by atoms with Crippen molar-refractivity contribution in [2.45, 2.75) is 38.3 Å². The summed E-state index contributed by atoms with van der Waals surface area (Å²) in [6, 6.07) is 13.9. The number of hydrogen-bond acceptors (Lipinski definition) is 3. The van der Waals surface area contributed by atoms with Gasteiger partial charge in [0.2, 0.25) is 5.91 Å². The molecule has 2 fully saturated rings. The molecule has 0 spiro atoms. The summed E-state index contributed by atoms with van der Waals surface area (Å²) in [6.45, 7) is 3.32. The summed E-state index contributed by atoms with van der Waals surface area (Å²) >= 11 is 0. The normalized spacial score (nSPS) is 20.0. The Morgan fingerprint density at radius 3 is 2.55 bits per heavy atom. The highest BCUT2D eigenvalue weighted by Gasteiger charge is 2.29. The Labute approximate surface area is 171 Å². The van der Waals surface area contributed by atoms with Crippen molar-refractivity contribution in [3.05, 3.63) is 59.9 Å². The summed E-state index contributed by atoms with van der Waals surface area (Å²) < 4.78 is 7.56. The molecule has 2 aromatic rings. The molecule has 2 amide bonds. The zero-order valence-corrected chi connectivity index (χ0v) is 16.8. The number of likely N-dealkylation sites (tertiary alicyclic amines) is 1. The molecule has 0 saturated carbocycles. The number of hydrogen-bond donors (Lipinski definition) is 1. The lowest BCUT2D eigenvalue weighted by atomic mass is 9.95. The average Bonchev–Trinajstić information content (AvgIpc) is 3.44. The molecule has 2 saturated heterocycles. The predicted molar refractivity (Wildman–Crippen MR) is 111 cm³/mol. The van der Waals surface area contributed by atoms with E-state index in [2.05, 4.69) is 17.4 Å². The summed E-state index contributed by atoms with van der Waals surface area (Å²) in [7, 11) is 0. The first-order chi connectivity index (χ1) is 14.2. The van der Waals surface area contributed by atoms with Gasteiger partial charge < -0.3 is 19.5 Å². The number of benzene rings is 1. The van der Waals surface area contributed by atoms with Crippen molar-refractivity contribution in [3.8, 4) is 0 Å². The molecule has 2 aliphatic heterocycles. The van der Waals surface area contributed by atoms with E-state index in [0.717, 1.165) is 19.4 Å². The third-order valence-corrected chi connectivity index (χ3v) is 5.93. The maximum absolute atomic E-state index is 13.0. The largest absolute Gasteiger partial charge is 0.376 e. The van der Waals surface area contributed by atoms with Crippen molar-refractivity contribution in [3.63, 3.8) is 0 Å². The summed E-state index contributed by atoms with van der Waals surface area (Å²) in [4.78, 5) is 27.4. The monoisotopic (exact) mass is 395 g/mol. The van der Waals surface area contributed by atoms with Crippen molar-refractivity contribution < 1.29 is 14.3 Å². The molecular formula is C23H29N3O3. The molecule has 29 heavy (non-hydrogen) atoms. The van der Waals surface area contributed by atoms with Crippen LogP contribution in [0.1, 0.15) is 41.7 Å². The zero-order chi connectivity index (χ0) is 20.1. The molecule has 0 aliphatic carbocycles. The van der Waals surface area contributed by atoms with Gasteiger partial charge in [-0.05, 0) is 43.4 Å². The lowest BCUT2D eigenvalue weighted by molar-refractivity contribution is -0.126. The van der Waals surface area contributed by atoms with Crippen LogP contribution in [0.5, 0.6) is 0 Å². The number of aromatic nitrogens is 1. The van der Waals surface area contributed by atoms with E-state index in [4.69, 9.17) is 4.74 Å². The minimum absolute atomic E-state index is 0.0171. The molecular weight excluding hydrogens is 366 g/mol. The van der Waals surface area contributed by atoms with Crippen LogP contribution < -0.4 is 5.32 Å². The number of nitrogens with zero attached hydrogens (tertiary/aromatic N) is 2. The Bertz CT molecular complexity index is 819. The molecule has 0 radical (unpaired) electrons. The SMILES string of the molecule is O=C(NCC1CCCO1)C1CCN(C(=O)c2cccn2Cc2ccccc2)CC1. The quantitative estimate of drug-likeness (QED) is 0.818. The van der Waals surface area contributed by atoms with Crippen molar-refractivity contribution in [2.75, 3.05) is 26.2 Å². The highest BCUT2D eigenvalue weighted by Crippen LogP contribution is 2.20. The Morgan fingerprint density at radius 1 is 1.03 bits per heavy atom. The van der Waals surface area contributed by atoms with E-state index in [9.17, 15) is 9.59 Å². The summed E-state index contributed by atoms with van der Waals surface area (Å²) in [6.07, 6.45) is 5.64. The first-order valence-corrected chi connectivity index (χ1v) is 10.6. The van der Waals surface area contributed by atoms with E-state index >= 15 is 0 Å². The van der Waals surface area contributed by atoms with Gasteiger partial charge in [-0.2, -0.15) is 0 Å². The molecule has 1 N–H and O–H groups in total. The van der Waals surface area contributed by atoms with E-state index < -0.39 is 0 Å². The summed E-state index contributed by atoms with van der Waals surface area (Å²) in [5, 5.41) is 3.03. The highest BCUT2D eigenvalue weighted by molar-refractivity contribution is 5.93. The second kappa shape index (κ2) is 9.27. The molecule has 1 aromatic carbocycles. The second-order valence-electron chi connectivity index (χ2n) is 7.95. The minimum atomic E-state index is -0.0171. The van der Waals surface area contributed by atoms with Crippen LogP contribution >= 0.6 is 0 Å². The fraction of sp³-hybridized carbons (Fsp3) is 0.478. The maximum Gasteiger partial charge on any atom is 0.270 e. The van der Waals surface area contributed by atoms with Crippen LogP contribution in [0, 0.1) is 5.92 Å². The molecule has 4 rings (SSSR count). The molecule has 2 aliphatic rings. The van der Waals surface area contributed by atoms with Gasteiger partial charge in [0.15, 0.2) is 0 Å². The highest BCUT2D eigenvalue weighted by atomic mass is 16.5. The number of carbonyl (C=O) groups is 2. The molecule has 1 aromatic heterocycles. The lowest BCUT2D eigenvalue weighted by Gasteiger charge is -2.31. The van der Waals surface area contributed by atoms with E-state index in [-0.39, 0.29) is 23.8 Å². The van der Waals surface area contributed by atoms with Crippen LogP contribution in [0.25, 0.3) is 0 Å². The van der Waals surface area contributed by atoms with Gasteiger partial charge in [-0.3, -0.25) is 9.59 Å². The minimum Gasteiger partial charge on any atom is -0.376 e. The molecule has 6 heteroatoms. The summed E-state index contributed by atoms with van der Waals surface area (Å²) in [5.41, 5.74) is 1.87. The van der Waals surface area contributed by atoms with Gasteiger partial charge in [-0.1, -0.05) is 30.3 Å². The third kappa shape index (κ3) is 4.88. The fourth-order valence-corrected chi connectivity index (χ4v) is 4.20. The van der Waals surface area contributed by atoms with Crippen molar-refractivity contribution in [1.82, 2.24) is 14.8 Å². The molecule has 154 valence electrons. The molecule has 1 atom stereocenters. The smallest absolute Gasteiger partial charge is 0.270 e.